The number of rotatable bonds is 3. The molecule has 1 atom stereocenters. The summed E-state index contributed by atoms with van der Waals surface area (Å²) in [4.78, 5) is 45.0. The Hall–Kier alpha value is -1.59. The van der Waals surface area contributed by atoms with Crippen molar-refractivity contribution in [3.63, 3.8) is 0 Å². The molecule has 0 spiro atoms. The molecule has 2 aliphatic heterocycles. The van der Waals surface area contributed by atoms with Crippen molar-refractivity contribution in [1.82, 2.24) is 14.7 Å². The van der Waals surface area contributed by atoms with E-state index < -0.39 is 0 Å². The minimum Gasteiger partial charge on any atom is -0.349 e. The van der Waals surface area contributed by atoms with Crippen LogP contribution < -0.4 is 0 Å². The third kappa shape index (κ3) is 3.34. The molecule has 4 aliphatic carbocycles. The van der Waals surface area contributed by atoms with Crippen LogP contribution in [0.25, 0.3) is 0 Å². The van der Waals surface area contributed by atoms with E-state index in [2.05, 4.69) is 0 Å². The predicted octanol–water partition coefficient (Wildman–Crippen LogP) is 2.52. The highest BCUT2D eigenvalue weighted by atomic mass is 16.2. The Balaban J connectivity index is 1.25. The van der Waals surface area contributed by atoms with Gasteiger partial charge in [-0.1, -0.05) is 0 Å². The first-order valence-corrected chi connectivity index (χ1v) is 12.2. The van der Waals surface area contributed by atoms with Crippen LogP contribution in [0.2, 0.25) is 0 Å². The molecule has 4 saturated carbocycles. The van der Waals surface area contributed by atoms with Gasteiger partial charge in [-0.2, -0.15) is 0 Å². The summed E-state index contributed by atoms with van der Waals surface area (Å²) in [6.45, 7) is 2.02. The van der Waals surface area contributed by atoms with Crippen molar-refractivity contribution < 1.29 is 14.4 Å². The van der Waals surface area contributed by atoms with E-state index in [0.29, 0.717) is 19.0 Å². The standard InChI is InChI=1S/C24H37N3O3/c1-25(2)21(28)19-5-8-26(9-6-19)22(29)20-4-3-7-27(20)23(30)24-13-16-10-17(14-24)12-18(11-16)15-24/h16-20H,3-15H2,1-2H3. The number of carbonyl (C=O) groups is 3. The summed E-state index contributed by atoms with van der Waals surface area (Å²) in [5.74, 6) is 2.84. The Labute approximate surface area is 180 Å². The molecule has 6 fully saturated rings. The SMILES string of the molecule is CN(C)C(=O)C1CCN(C(=O)C2CCCN2C(=O)C23CC4CC(CC(C4)C2)C3)CC1. The number of hydrogen-bond acceptors (Lipinski definition) is 3. The molecule has 4 bridgehead atoms. The number of hydrogen-bond donors (Lipinski definition) is 0. The first-order chi connectivity index (χ1) is 14.4. The predicted molar refractivity (Wildman–Crippen MR) is 113 cm³/mol. The van der Waals surface area contributed by atoms with Crippen molar-refractivity contribution in [2.75, 3.05) is 33.7 Å². The summed E-state index contributed by atoms with van der Waals surface area (Å²) < 4.78 is 0. The van der Waals surface area contributed by atoms with E-state index in [9.17, 15) is 14.4 Å². The maximum atomic E-state index is 13.8. The van der Waals surface area contributed by atoms with Gasteiger partial charge in [0.2, 0.25) is 17.7 Å². The number of piperidine rings is 1. The molecule has 30 heavy (non-hydrogen) atoms. The van der Waals surface area contributed by atoms with Gasteiger partial charge in [0.15, 0.2) is 0 Å². The topological polar surface area (TPSA) is 60.9 Å². The smallest absolute Gasteiger partial charge is 0.245 e. The largest absolute Gasteiger partial charge is 0.349 e. The Morgan fingerprint density at radius 1 is 0.833 bits per heavy atom. The molecule has 6 rings (SSSR count). The molecule has 2 saturated heterocycles. The monoisotopic (exact) mass is 415 g/mol. The maximum absolute atomic E-state index is 13.8. The van der Waals surface area contributed by atoms with Crippen LogP contribution in [0.4, 0.5) is 0 Å². The molecule has 166 valence electrons. The molecule has 0 N–H and O–H groups in total. The molecule has 0 aromatic heterocycles. The van der Waals surface area contributed by atoms with Gasteiger partial charge in [0.1, 0.15) is 6.04 Å². The van der Waals surface area contributed by atoms with Gasteiger partial charge in [0, 0.05) is 39.6 Å². The molecule has 6 aliphatic rings. The summed E-state index contributed by atoms with van der Waals surface area (Å²) in [5.41, 5.74) is -0.164. The molecule has 3 amide bonds. The molecular weight excluding hydrogens is 378 g/mol. The van der Waals surface area contributed by atoms with Crippen molar-refractivity contribution >= 4 is 17.7 Å². The van der Waals surface area contributed by atoms with Crippen molar-refractivity contribution in [2.45, 2.75) is 70.3 Å². The summed E-state index contributed by atoms with van der Waals surface area (Å²) in [7, 11) is 3.60. The lowest BCUT2D eigenvalue weighted by molar-refractivity contribution is -0.162. The van der Waals surface area contributed by atoms with E-state index in [1.54, 1.807) is 19.0 Å². The number of nitrogens with zero attached hydrogens (tertiary/aromatic N) is 3. The molecule has 6 heteroatoms. The molecule has 0 aromatic rings. The summed E-state index contributed by atoms with van der Waals surface area (Å²) in [6.07, 6.45) is 10.4. The van der Waals surface area contributed by atoms with Crippen LogP contribution in [-0.2, 0) is 14.4 Å². The Kier molecular flexibility index (Phi) is 5.10. The van der Waals surface area contributed by atoms with Crippen LogP contribution in [0.3, 0.4) is 0 Å². The summed E-state index contributed by atoms with van der Waals surface area (Å²) in [5, 5.41) is 0. The van der Waals surface area contributed by atoms with Crippen LogP contribution in [-0.4, -0.2) is 72.2 Å². The van der Waals surface area contributed by atoms with E-state index >= 15 is 0 Å². The second-order valence-corrected chi connectivity index (χ2v) is 11.2. The zero-order valence-electron chi connectivity index (χ0n) is 18.6. The zero-order valence-corrected chi connectivity index (χ0v) is 18.6. The third-order valence-corrected chi connectivity index (χ3v) is 8.89. The number of amides is 3. The second kappa shape index (κ2) is 7.52. The highest BCUT2D eigenvalue weighted by Crippen LogP contribution is 2.60. The first kappa shape index (κ1) is 20.3. The van der Waals surface area contributed by atoms with Crippen molar-refractivity contribution in [3.8, 4) is 0 Å². The lowest BCUT2D eigenvalue weighted by atomic mass is 9.49. The number of carbonyl (C=O) groups excluding carboxylic acids is 3. The normalized spacial score (nSPS) is 38.2. The molecule has 0 aromatic carbocycles. The van der Waals surface area contributed by atoms with E-state index in [-0.39, 0.29) is 29.2 Å². The van der Waals surface area contributed by atoms with Crippen LogP contribution in [0.15, 0.2) is 0 Å². The Morgan fingerprint density at radius 2 is 1.40 bits per heavy atom. The van der Waals surface area contributed by atoms with Gasteiger partial charge in [-0.05, 0) is 82.0 Å². The van der Waals surface area contributed by atoms with Gasteiger partial charge >= 0.3 is 0 Å². The lowest BCUT2D eigenvalue weighted by Crippen LogP contribution is -2.58. The second-order valence-electron chi connectivity index (χ2n) is 11.2. The van der Waals surface area contributed by atoms with Gasteiger partial charge in [-0.3, -0.25) is 14.4 Å². The van der Waals surface area contributed by atoms with Crippen LogP contribution >= 0.6 is 0 Å². The van der Waals surface area contributed by atoms with Gasteiger partial charge < -0.3 is 14.7 Å². The van der Waals surface area contributed by atoms with E-state index in [4.69, 9.17) is 0 Å². The zero-order chi connectivity index (χ0) is 21.0. The quantitative estimate of drug-likeness (QED) is 0.712. The van der Waals surface area contributed by atoms with Gasteiger partial charge in [0.05, 0.1) is 5.41 Å². The fourth-order valence-corrected chi connectivity index (χ4v) is 7.87. The molecular formula is C24H37N3O3. The fraction of sp³-hybridized carbons (Fsp3) is 0.875. The molecule has 0 radical (unpaired) electrons. The van der Waals surface area contributed by atoms with Crippen molar-refractivity contribution in [1.29, 1.82) is 0 Å². The van der Waals surface area contributed by atoms with E-state index in [1.165, 1.54) is 19.3 Å². The highest BCUT2D eigenvalue weighted by molar-refractivity contribution is 5.91. The maximum Gasteiger partial charge on any atom is 0.245 e. The van der Waals surface area contributed by atoms with E-state index in [1.807, 2.05) is 9.80 Å². The summed E-state index contributed by atoms with van der Waals surface area (Å²) in [6, 6.07) is -0.272. The minimum absolute atomic E-state index is 0.0254. The lowest BCUT2D eigenvalue weighted by Gasteiger charge is -2.56. The van der Waals surface area contributed by atoms with Gasteiger partial charge in [0.25, 0.3) is 0 Å². The number of likely N-dealkylation sites (tertiary alicyclic amines) is 2. The fourth-order valence-electron chi connectivity index (χ4n) is 7.87. The minimum atomic E-state index is -0.272. The average molecular weight is 416 g/mol. The first-order valence-electron chi connectivity index (χ1n) is 12.2. The molecule has 2 heterocycles. The van der Waals surface area contributed by atoms with Gasteiger partial charge in [-0.15, -0.1) is 0 Å². The Morgan fingerprint density at radius 3 is 1.93 bits per heavy atom. The average Bonchev–Trinajstić information content (AvgIpc) is 3.21. The van der Waals surface area contributed by atoms with E-state index in [0.717, 1.165) is 69.2 Å². The van der Waals surface area contributed by atoms with Crippen molar-refractivity contribution in [2.24, 2.45) is 29.1 Å². The van der Waals surface area contributed by atoms with Crippen LogP contribution in [0.1, 0.15) is 64.2 Å². The third-order valence-electron chi connectivity index (χ3n) is 8.89. The molecule has 6 nitrogen and oxygen atoms in total. The molecule has 1 unspecified atom stereocenters. The van der Waals surface area contributed by atoms with Gasteiger partial charge in [-0.25, -0.2) is 0 Å². The van der Waals surface area contributed by atoms with Crippen molar-refractivity contribution in [3.05, 3.63) is 0 Å². The highest BCUT2D eigenvalue weighted by Gasteiger charge is 2.57. The Bertz CT molecular complexity index is 690. The van der Waals surface area contributed by atoms with Crippen LogP contribution in [0, 0.1) is 29.1 Å². The van der Waals surface area contributed by atoms with Crippen LogP contribution in [0.5, 0.6) is 0 Å². The summed E-state index contributed by atoms with van der Waals surface area (Å²) >= 11 is 0.